The topological polar surface area (TPSA) is 153 Å². The Morgan fingerprint density at radius 3 is 2.72 bits per heavy atom. The van der Waals surface area contributed by atoms with Gasteiger partial charge in [0.25, 0.3) is 5.91 Å². The Morgan fingerprint density at radius 2 is 2.00 bits per heavy atom. The first-order chi connectivity index (χ1) is 17.7. The summed E-state index contributed by atoms with van der Waals surface area (Å²) in [6.07, 6.45) is 7.99. The Balaban J connectivity index is 1.29. The van der Waals surface area contributed by atoms with E-state index in [2.05, 4.69) is 65.3 Å². The monoisotopic (exact) mass is 486 g/mol. The Morgan fingerprint density at radius 1 is 1.17 bits per heavy atom. The van der Waals surface area contributed by atoms with E-state index < -0.39 is 5.91 Å². The summed E-state index contributed by atoms with van der Waals surface area (Å²) < 4.78 is 6.15. The lowest BCUT2D eigenvalue weighted by molar-refractivity contribution is 0.0946. The van der Waals surface area contributed by atoms with Gasteiger partial charge in [0.15, 0.2) is 5.69 Å². The highest BCUT2D eigenvalue weighted by atomic mass is 16.6. The molecule has 36 heavy (non-hydrogen) atoms. The van der Waals surface area contributed by atoms with Gasteiger partial charge in [0.2, 0.25) is 11.6 Å². The predicted octanol–water partition coefficient (Wildman–Crippen LogP) is 1.85. The largest absolute Gasteiger partial charge is 0.378 e. The molecule has 184 valence electrons. The number of hydrogen-bond donors (Lipinski definition) is 2. The molecule has 1 saturated heterocycles. The van der Waals surface area contributed by atoms with E-state index in [1.165, 1.54) is 16.5 Å². The molecule has 1 aliphatic heterocycles. The van der Waals surface area contributed by atoms with Crippen molar-refractivity contribution in [1.29, 1.82) is 0 Å². The normalized spacial score (nSPS) is 14.9. The van der Waals surface area contributed by atoms with Gasteiger partial charge >= 0.3 is 0 Å². The molecular formula is C24H26N10O2. The Kier molecular flexibility index (Phi) is 7.03. The molecule has 0 bridgehead atoms. The number of nitrogens with one attached hydrogen (secondary N) is 1. The van der Waals surface area contributed by atoms with E-state index in [9.17, 15) is 4.79 Å². The molecule has 0 radical (unpaired) electrons. The molecule has 1 aromatic carbocycles. The van der Waals surface area contributed by atoms with Gasteiger partial charge in [-0.1, -0.05) is 41.6 Å². The third kappa shape index (κ3) is 5.44. The zero-order valence-corrected chi connectivity index (χ0v) is 19.6. The van der Waals surface area contributed by atoms with E-state index >= 15 is 0 Å². The Bertz CT molecular complexity index is 1310. The van der Waals surface area contributed by atoms with E-state index in [1.807, 2.05) is 12.1 Å². The first kappa shape index (κ1) is 23.3. The van der Waals surface area contributed by atoms with Crippen LogP contribution >= 0.6 is 0 Å². The van der Waals surface area contributed by atoms with Crippen LogP contribution in [0.3, 0.4) is 0 Å². The highest BCUT2D eigenvalue weighted by Crippen LogP contribution is 2.24. The van der Waals surface area contributed by atoms with E-state index in [0.717, 1.165) is 37.9 Å². The summed E-state index contributed by atoms with van der Waals surface area (Å²) in [5, 5.41) is 19.7. The molecule has 12 heteroatoms. The number of carbonyl (C=O) groups excluding carboxylic acids is 1. The molecule has 4 aromatic rings. The van der Waals surface area contributed by atoms with Gasteiger partial charge in [0.05, 0.1) is 11.9 Å². The summed E-state index contributed by atoms with van der Waals surface area (Å²) in [7, 11) is 0. The first-order valence-electron chi connectivity index (χ1n) is 11.7. The SMILES string of the molecule is Nc1nonc1-n1nnc(C(=O)NN=Cc2cccnc2)c1CN1CCC(Cc2ccccc2)CC1. The molecule has 5 rings (SSSR count). The molecule has 0 aliphatic carbocycles. The first-order valence-corrected chi connectivity index (χ1v) is 11.7. The minimum atomic E-state index is -0.495. The fourth-order valence-corrected chi connectivity index (χ4v) is 4.31. The van der Waals surface area contributed by atoms with Crippen LogP contribution in [0, 0.1) is 5.92 Å². The highest BCUT2D eigenvalue weighted by molar-refractivity contribution is 5.94. The molecule has 1 aliphatic rings. The van der Waals surface area contributed by atoms with Crippen LogP contribution in [0.25, 0.3) is 5.82 Å². The molecule has 0 saturated carbocycles. The minimum Gasteiger partial charge on any atom is -0.378 e. The maximum absolute atomic E-state index is 13.0. The van der Waals surface area contributed by atoms with E-state index in [1.54, 1.807) is 18.5 Å². The van der Waals surface area contributed by atoms with Crippen LogP contribution < -0.4 is 11.2 Å². The van der Waals surface area contributed by atoms with Crippen molar-refractivity contribution in [3.63, 3.8) is 0 Å². The second-order valence-corrected chi connectivity index (χ2v) is 8.66. The molecule has 0 atom stereocenters. The molecule has 0 spiro atoms. The van der Waals surface area contributed by atoms with E-state index in [0.29, 0.717) is 18.2 Å². The van der Waals surface area contributed by atoms with Crippen molar-refractivity contribution < 1.29 is 9.42 Å². The Hall–Kier alpha value is -4.45. The van der Waals surface area contributed by atoms with Crippen molar-refractivity contribution in [1.82, 2.24) is 40.6 Å². The highest BCUT2D eigenvalue weighted by Gasteiger charge is 2.27. The van der Waals surface area contributed by atoms with Gasteiger partial charge in [0.1, 0.15) is 0 Å². The van der Waals surface area contributed by atoms with Crippen molar-refractivity contribution in [3.05, 3.63) is 77.4 Å². The Labute approximate surface area is 207 Å². The third-order valence-electron chi connectivity index (χ3n) is 6.19. The van der Waals surface area contributed by atoms with Gasteiger partial charge < -0.3 is 5.73 Å². The number of nitrogens with zero attached hydrogens (tertiary/aromatic N) is 8. The number of carbonyl (C=O) groups is 1. The van der Waals surface area contributed by atoms with Crippen LogP contribution in [0.15, 0.2) is 64.6 Å². The minimum absolute atomic E-state index is 0.0595. The van der Waals surface area contributed by atoms with Crippen LogP contribution in [-0.4, -0.2) is 60.4 Å². The predicted molar refractivity (Wildman–Crippen MR) is 131 cm³/mol. The van der Waals surface area contributed by atoms with Crippen molar-refractivity contribution in [2.75, 3.05) is 18.8 Å². The van der Waals surface area contributed by atoms with E-state index in [4.69, 9.17) is 10.4 Å². The number of anilines is 1. The van der Waals surface area contributed by atoms with Crippen LogP contribution in [0.5, 0.6) is 0 Å². The summed E-state index contributed by atoms with van der Waals surface area (Å²) >= 11 is 0. The molecule has 1 fully saturated rings. The average molecular weight is 487 g/mol. The molecule has 1 amide bonds. The molecule has 0 unspecified atom stereocenters. The standard InChI is InChI=1S/C24H26N10O2/c25-22-23(31-36-30-22)34-20(16-33-11-8-18(9-12-33)13-17-5-2-1-3-6-17)21(28-32-34)24(35)29-27-15-19-7-4-10-26-14-19/h1-7,10,14-15,18H,8-9,11-13,16H2,(H2,25,30)(H,29,35). The number of hydrogen-bond acceptors (Lipinski definition) is 10. The zero-order valence-electron chi connectivity index (χ0n) is 19.6. The second kappa shape index (κ2) is 10.9. The summed E-state index contributed by atoms with van der Waals surface area (Å²) in [4.78, 5) is 19.2. The van der Waals surface area contributed by atoms with Crippen LogP contribution in [0.1, 0.15) is 40.2 Å². The zero-order chi connectivity index (χ0) is 24.7. The molecule has 4 heterocycles. The lowest BCUT2D eigenvalue weighted by Crippen LogP contribution is -2.35. The summed E-state index contributed by atoms with van der Waals surface area (Å²) in [5.41, 5.74) is 11.2. The molecule has 3 N–H and O–H groups in total. The van der Waals surface area contributed by atoms with Gasteiger partial charge in [-0.25, -0.2) is 10.1 Å². The number of benzene rings is 1. The van der Waals surface area contributed by atoms with Gasteiger partial charge in [-0.05, 0) is 60.2 Å². The van der Waals surface area contributed by atoms with Crippen molar-refractivity contribution in [2.45, 2.75) is 25.8 Å². The fraction of sp³-hybridized carbons (Fsp3) is 0.292. The summed E-state index contributed by atoms with van der Waals surface area (Å²) in [6.45, 7) is 2.21. The van der Waals surface area contributed by atoms with Crippen LogP contribution in [0.4, 0.5) is 5.82 Å². The fourth-order valence-electron chi connectivity index (χ4n) is 4.31. The number of nitrogens with two attached hydrogens (primary N) is 1. The summed E-state index contributed by atoms with van der Waals surface area (Å²) in [6, 6.07) is 14.2. The van der Waals surface area contributed by atoms with Crippen molar-refractivity contribution >= 4 is 17.9 Å². The van der Waals surface area contributed by atoms with Gasteiger partial charge in [0, 0.05) is 24.5 Å². The maximum atomic E-state index is 13.0. The van der Waals surface area contributed by atoms with Gasteiger partial charge in [-0.2, -0.15) is 9.78 Å². The quantitative estimate of drug-likeness (QED) is 0.280. The maximum Gasteiger partial charge on any atom is 0.293 e. The molecule has 3 aromatic heterocycles. The van der Waals surface area contributed by atoms with Crippen molar-refractivity contribution in [2.24, 2.45) is 11.0 Å². The van der Waals surface area contributed by atoms with E-state index in [-0.39, 0.29) is 17.3 Å². The number of rotatable bonds is 8. The second-order valence-electron chi connectivity index (χ2n) is 8.66. The number of piperidine rings is 1. The summed E-state index contributed by atoms with van der Waals surface area (Å²) in [5.74, 6) is 0.371. The van der Waals surface area contributed by atoms with Gasteiger partial charge in [-0.15, -0.1) is 5.10 Å². The molecule has 12 nitrogen and oxygen atoms in total. The van der Waals surface area contributed by atoms with Crippen LogP contribution in [0.2, 0.25) is 0 Å². The molecular weight excluding hydrogens is 460 g/mol. The number of nitrogen functional groups attached to an aromatic ring is 1. The van der Waals surface area contributed by atoms with Crippen molar-refractivity contribution in [3.8, 4) is 5.82 Å². The number of aromatic nitrogens is 6. The number of pyridine rings is 1. The lowest BCUT2D eigenvalue weighted by Gasteiger charge is -2.32. The third-order valence-corrected chi connectivity index (χ3v) is 6.19. The number of hydrazone groups is 1. The lowest BCUT2D eigenvalue weighted by atomic mass is 9.90. The average Bonchev–Trinajstić information content (AvgIpc) is 3.52. The number of likely N-dealkylation sites (tertiary alicyclic amines) is 1. The number of amides is 1. The smallest absolute Gasteiger partial charge is 0.293 e. The van der Waals surface area contributed by atoms with Crippen LogP contribution in [-0.2, 0) is 13.0 Å². The van der Waals surface area contributed by atoms with Gasteiger partial charge in [-0.3, -0.25) is 14.7 Å².